The van der Waals surface area contributed by atoms with Crippen LogP contribution in [0.15, 0.2) is 170 Å². The molecule has 0 aliphatic heterocycles. The van der Waals surface area contributed by atoms with Crippen LogP contribution >= 0.6 is 0 Å². The molecule has 0 saturated carbocycles. The van der Waals surface area contributed by atoms with Gasteiger partial charge in [0.25, 0.3) is 0 Å². The zero-order chi connectivity index (χ0) is 36.3. The van der Waals surface area contributed by atoms with Crippen molar-refractivity contribution < 1.29 is 0 Å². The molecule has 2 aliphatic carbocycles. The van der Waals surface area contributed by atoms with Crippen molar-refractivity contribution in [1.29, 1.82) is 0 Å². The van der Waals surface area contributed by atoms with E-state index >= 15 is 0 Å². The summed E-state index contributed by atoms with van der Waals surface area (Å²) < 4.78 is 0. The first-order chi connectivity index (χ1) is 26.3. The molecule has 256 valence electrons. The minimum absolute atomic E-state index is 0.0349. The summed E-state index contributed by atoms with van der Waals surface area (Å²) in [6, 6.07) is 64.2. The molecule has 0 amide bonds. The molecular formula is C54H40. The largest absolute Gasteiger partial charge is 0.0619 e. The maximum absolute atomic E-state index is 2.50. The van der Waals surface area contributed by atoms with Crippen LogP contribution in [-0.4, -0.2) is 0 Å². The van der Waals surface area contributed by atoms with E-state index in [0.717, 1.165) is 0 Å². The summed E-state index contributed by atoms with van der Waals surface area (Å²) >= 11 is 0. The first-order valence-corrected chi connectivity index (χ1v) is 19.3. The Labute approximate surface area is 317 Å². The number of benzene rings is 9. The van der Waals surface area contributed by atoms with Gasteiger partial charge in [0.2, 0.25) is 0 Å². The fourth-order valence-electron chi connectivity index (χ4n) is 10.2. The van der Waals surface area contributed by atoms with Gasteiger partial charge in [0.1, 0.15) is 0 Å². The van der Waals surface area contributed by atoms with Crippen LogP contribution in [0.4, 0.5) is 0 Å². The normalized spacial score (nSPS) is 14.6. The van der Waals surface area contributed by atoms with Crippen molar-refractivity contribution in [2.75, 3.05) is 0 Å². The average molecular weight is 689 g/mol. The Kier molecular flexibility index (Phi) is 6.46. The zero-order valence-corrected chi connectivity index (χ0v) is 31.2. The first-order valence-electron chi connectivity index (χ1n) is 19.3. The van der Waals surface area contributed by atoms with Gasteiger partial charge < -0.3 is 0 Å². The summed E-state index contributed by atoms with van der Waals surface area (Å²) in [5, 5.41) is 7.66. The fraction of sp³-hybridized carbons (Fsp3) is 0.111. The third-order valence-electron chi connectivity index (χ3n) is 12.9. The predicted octanol–water partition coefficient (Wildman–Crippen LogP) is 14.8. The molecule has 0 heteroatoms. The Morgan fingerprint density at radius 1 is 0.278 bits per heavy atom. The quantitative estimate of drug-likeness (QED) is 0.162. The first kappa shape index (κ1) is 31.3. The van der Waals surface area contributed by atoms with Crippen LogP contribution in [0.5, 0.6) is 0 Å². The van der Waals surface area contributed by atoms with Gasteiger partial charge in [-0.25, -0.2) is 0 Å². The minimum atomic E-state index is -0.0872. The number of rotatable bonds is 3. The highest BCUT2D eigenvalue weighted by Gasteiger charge is 2.37. The van der Waals surface area contributed by atoms with Crippen molar-refractivity contribution in [3.63, 3.8) is 0 Å². The van der Waals surface area contributed by atoms with Crippen LogP contribution in [0, 0.1) is 0 Å². The van der Waals surface area contributed by atoms with Gasteiger partial charge in [-0.1, -0.05) is 179 Å². The van der Waals surface area contributed by atoms with E-state index in [0.29, 0.717) is 0 Å². The number of hydrogen-bond acceptors (Lipinski definition) is 0. The van der Waals surface area contributed by atoms with Crippen LogP contribution in [0.3, 0.4) is 0 Å². The molecular weight excluding hydrogens is 649 g/mol. The van der Waals surface area contributed by atoms with Gasteiger partial charge >= 0.3 is 0 Å². The van der Waals surface area contributed by atoms with E-state index in [1.165, 1.54) is 110 Å². The average Bonchev–Trinajstić information content (AvgIpc) is 3.58. The van der Waals surface area contributed by atoms with Gasteiger partial charge in [0, 0.05) is 10.8 Å². The maximum atomic E-state index is 2.50. The van der Waals surface area contributed by atoms with E-state index in [1.807, 2.05) is 0 Å². The lowest BCUT2D eigenvalue weighted by atomic mass is 9.79. The molecule has 9 aromatic rings. The molecule has 0 fully saturated rings. The molecule has 0 heterocycles. The van der Waals surface area contributed by atoms with Crippen molar-refractivity contribution in [2.45, 2.75) is 38.5 Å². The fourth-order valence-corrected chi connectivity index (χ4v) is 10.2. The zero-order valence-electron chi connectivity index (χ0n) is 31.2. The molecule has 0 N–H and O–H groups in total. The molecule has 11 rings (SSSR count). The Hall–Kier alpha value is -6.24. The second-order valence-electron chi connectivity index (χ2n) is 16.4. The Morgan fingerprint density at radius 2 is 0.759 bits per heavy atom. The smallest absolute Gasteiger partial charge is 0.0159 e. The van der Waals surface area contributed by atoms with Crippen LogP contribution in [0.2, 0.25) is 0 Å². The molecule has 54 heavy (non-hydrogen) atoms. The Bertz CT molecular complexity index is 3040. The van der Waals surface area contributed by atoms with Crippen molar-refractivity contribution in [2.24, 2.45) is 0 Å². The van der Waals surface area contributed by atoms with Crippen molar-refractivity contribution >= 4 is 32.3 Å². The minimum Gasteiger partial charge on any atom is -0.0619 e. The van der Waals surface area contributed by atoms with Gasteiger partial charge in [-0.3, -0.25) is 0 Å². The van der Waals surface area contributed by atoms with Crippen LogP contribution < -0.4 is 0 Å². The third-order valence-corrected chi connectivity index (χ3v) is 12.9. The van der Waals surface area contributed by atoms with E-state index < -0.39 is 0 Å². The second-order valence-corrected chi connectivity index (χ2v) is 16.4. The molecule has 0 bridgehead atoms. The highest BCUT2D eigenvalue weighted by Crippen LogP contribution is 2.53. The highest BCUT2D eigenvalue weighted by atomic mass is 14.4. The van der Waals surface area contributed by atoms with Crippen molar-refractivity contribution in [1.82, 2.24) is 0 Å². The second kappa shape index (κ2) is 11.1. The molecule has 0 spiro atoms. The maximum Gasteiger partial charge on any atom is 0.0159 e. The Balaban J connectivity index is 1.23. The van der Waals surface area contributed by atoms with Gasteiger partial charge in [-0.15, -0.1) is 0 Å². The lowest BCUT2D eigenvalue weighted by Crippen LogP contribution is -2.14. The molecule has 9 aromatic carbocycles. The summed E-state index contributed by atoms with van der Waals surface area (Å²) in [6.07, 6.45) is 0. The molecule has 0 nitrogen and oxygen atoms in total. The topological polar surface area (TPSA) is 0 Å². The monoisotopic (exact) mass is 688 g/mol. The van der Waals surface area contributed by atoms with Crippen molar-refractivity contribution in [3.05, 3.63) is 192 Å². The summed E-state index contributed by atoms with van der Waals surface area (Å²) in [5.41, 5.74) is 18.5. The van der Waals surface area contributed by atoms with E-state index in [-0.39, 0.29) is 10.8 Å². The predicted molar refractivity (Wildman–Crippen MR) is 230 cm³/mol. The molecule has 0 saturated heterocycles. The summed E-state index contributed by atoms with van der Waals surface area (Å²) in [4.78, 5) is 0. The Morgan fingerprint density at radius 3 is 1.52 bits per heavy atom. The molecule has 0 atom stereocenters. The lowest BCUT2D eigenvalue weighted by molar-refractivity contribution is 0.660. The third kappa shape index (κ3) is 4.26. The van der Waals surface area contributed by atoms with Gasteiger partial charge in [-0.05, 0) is 128 Å². The van der Waals surface area contributed by atoms with E-state index in [1.54, 1.807) is 0 Å². The lowest BCUT2D eigenvalue weighted by Gasteiger charge is -2.23. The van der Waals surface area contributed by atoms with Crippen LogP contribution in [0.25, 0.3) is 88.0 Å². The standard InChI is InChI=1S/C54H40/c1-53(2)48-23-12-10-18-40(48)45-31-35(26-29-49(45)53)51-42-19-7-8-20-43(42)52(36-25-27-41-39-17-9-11-22-47(39)54(3,4)50(41)32-36)46-30-34(24-28-44(46)51)38-21-13-15-33-14-5-6-16-37(33)38/h5-32H,1-4H3. The summed E-state index contributed by atoms with van der Waals surface area (Å²) in [5.74, 6) is 0. The summed E-state index contributed by atoms with van der Waals surface area (Å²) in [6.45, 7) is 9.49. The van der Waals surface area contributed by atoms with E-state index in [4.69, 9.17) is 0 Å². The van der Waals surface area contributed by atoms with Crippen LogP contribution in [-0.2, 0) is 10.8 Å². The number of fused-ring (bicyclic) bond motifs is 9. The molecule has 2 aliphatic rings. The molecule has 0 unspecified atom stereocenters. The highest BCUT2D eigenvalue weighted by molar-refractivity contribution is 6.22. The summed E-state index contributed by atoms with van der Waals surface area (Å²) in [7, 11) is 0. The number of hydrogen-bond donors (Lipinski definition) is 0. The van der Waals surface area contributed by atoms with Gasteiger partial charge in [0.05, 0.1) is 0 Å². The molecule has 0 aromatic heterocycles. The van der Waals surface area contributed by atoms with E-state index in [2.05, 4.69) is 198 Å². The molecule has 0 radical (unpaired) electrons. The van der Waals surface area contributed by atoms with Crippen LogP contribution in [0.1, 0.15) is 49.9 Å². The SMILES string of the molecule is CC1(C)c2ccccc2-c2cc(-c3c4ccccc4c(-c4ccc5c(c4)C(C)(C)c4ccccc4-5)c4cc(-c5cccc6ccccc56)ccc34)ccc21. The van der Waals surface area contributed by atoms with Gasteiger partial charge in [-0.2, -0.15) is 0 Å². The van der Waals surface area contributed by atoms with Crippen molar-refractivity contribution in [3.8, 4) is 55.6 Å². The van der Waals surface area contributed by atoms with E-state index in [9.17, 15) is 0 Å². The van der Waals surface area contributed by atoms with Gasteiger partial charge in [0.15, 0.2) is 0 Å².